The van der Waals surface area contributed by atoms with Crippen LogP contribution >= 0.6 is 7.82 Å². The van der Waals surface area contributed by atoms with Crippen molar-refractivity contribution in [2.24, 2.45) is 5.73 Å². The summed E-state index contributed by atoms with van der Waals surface area (Å²) in [7, 11) is -4.40. The van der Waals surface area contributed by atoms with Crippen molar-refractivity contribution in [3.05, 3.63) is 72.9 Å². The van der Waals surface area contributed by atoms with E-state index >= 15 is 0 Å². The summed E-state index contributed by atoms with van der Waals surface area (Å²) in [4.78, 5) is 34.7. The highest BCUT2D eigenvalue weighted by atomic mass is 31.2. The van der Waals surface area contributed by atoms with Crippen molar-refractivity contribution in [2.45, 2.75) is 161 Å². The maximum atomic E-state index is 12.5. The predicted octanol–water partition coefficient (Wildman–Crippen LogP) is 11.5. The number of allylic oxidation sites excluding steroid dienone is 12. The average molecular weight is 764 g/mol. The predicted molar refractivity (Wildman–Crippen MR) is 219 cm³/mol. The molecule has 0 aliphatic heterocycles. The summed E-state index contributed by atoms with van der Waals surface area (Å²) in [5, 5.41) is 0. The van der Waals surface area contributed by atoms with Crippen molar-refractivity contribution < 1.29 is 37.6 Å². The number of carbonyl (C=O) groups excluding carboxylic acids is 2. The summed E-state index contributed by atoms with van der Waals surface area (Å²) in [6.07, 6.45) is 46.6. The Balaban J connectivity index is 4.37. The topological polar surface area (TPSA) is 134 Å². The largest absolute Gasteiger partial charge is 0.472 e. The Morgan fingerprint density at radius 1 is 0.566 bits per heavy atom. The number of phosphoric acid groups is 1. The minimum Gasteiger partial charge on any atom is -0.462 e. The third kappa shape index (κ3) is 39.0. The van der Waals surface area contributed by atoms with Crippen LogP contribution in [0.2, 0.25) is 0 Å². The fourth-order valence-electron chi connectivity index (χ4n) is 5.01. The molecule has 0 bridgehead atoms. The summed E-state index contributed by atoms with van der Waals surface area (Å²) in [5.41, 5.74) is 5.33. The highest BCUT2D eigenvalue weighted by Crippen LogP contribution is 2.43. The number of nitrogens with two attached hydrogens (primary N) is 1. The van der Waals surface area contributed by atoms with Crippen molar-refractivity contribution in [1.29, 1.82) is 0 Å². The molecule has 0 aromatic heterocycles. The maximum absolute atomic E-state index is 12.5. The molecule has 304 valence electrons. The van der Waals surface area contributed by atoms with E-state index in [1.807, 2.05) is 6.08 Å². The van der Waals surface area contributed by atoms with Gasteiger partial charge in [-0.15, -0.1) is 0 Å². The number of unbranched alkanes of at least 4 members (excludes halogenated alkanes) is 12. The van der Waals surface area contributed by atoms with Crippen LogP contribution in [0.5, 0.6) is 0 Å². The molecule has 0 radical (unpaired) electrons. The first kappa shape index (κ1) is 50.5. The van der Waals surface area contributed by atoms with Crippen molar-refractivity contribution in [1.82, 2.24) is 0 Å². The van der Waals surface area contributed by atoms with Gasteiger partial charge >= 0.3 is 19.8 Å². The number of hydrogen-bond donors (Lipinski definition) is 2. The molecule has 0 fully saturated rings. The molecule has 0 amide bonds. The molecule has 2 atom stereocenters. The van der Waals surface area contributed by atoms with Gasteiger partial charge in [-0.3, -0.25) is 18.6 Å². The van der Waals surface area contributed by atoms with E-state index in [0.29, 0.717) is 19.3 Å². The van der Waals surface area contributed by atoms with Gasteiger partial charge in [-0.05, 0) is 83.5 Å². The fourth-order valence-corrected chi connectivity index (χ4v) is 5.77. The van der Waals surface area contributed by atoms with Crippen LogP contribution in [0.25, 0.3) is 0 Å². The highest BCUT2D eigenvalue weighted by molar-refractivity contribution is 7.47. The quantitative estimate of drug-likeness (QED) is 0.0274. The van der Waals surface area contributed by atoms with Crippen LogP contribution in [-0.4, -0.2) is 49.3 Å². The second-order valence-corrected chi connectivity index (χ2v) is 14.6. The SMILES string of the molecule is CCCCCC=CCC=CCC=CCCCCC(=O)OCC(COP(=O)(O)OCCN)OC(=O)CCCC=CCC=CCC=CCCCCCCCC. The molecular weight excluding hydrogens is 689 g/mol. The van der Waals surface area contributed by atoms with Gasteiger partial charge in [-0.25, -0.2) is 4.57 Å². The van der Waals surface area contributed by atoms with Gasteiger partial charge < -0.3 is 20.1 Å². The van der Waals surface area contributed by atoms with Crippen LogP contribution in [0.1, 0.15) is 155 Å². The molecule has 0 aliphatic rings. The second-order valence-electron chi connectivity index (χ2n) is 13.1. The van der Waals surface area contributed by atoms with Gasteiger partial charge in [0.05, 0.1) is 13.2 Å². The summed E-state index contributed by atoms with van der Waals surface area (Å²) in [6, 6.07) is 0. The lowest BCUT2D eigenvalue weighted by Crippen LogP contribution is -2.29. The normalized spacial score (nSPS) is 14.1. The fraction of sp³-hybridized carbons (Fsp3) is 0.674. The zero-order valence-corrected chi connectivity index (χ0v) is 34.1. The van der Waals surface area contributed by atoms with E-state index in [-0.39, 0.29) is 32.6 Å². The Bertz CT molecular complexity index is 1100. The summed E-state index contributed by atoms with van der Waals surface area (Å²) in [6.45, 7) is 3.57. The number of ether oxygens (including phenoxy) is 2. The van der Waals surface area contributed by atoms with Gasteiger partial charge in [0, 0.05) is 19.4 Å². The van der Waals surface area contributed by atoms with E-state index in [0.717, 1.165) is 51.4 Å². The molecule has 9 nitrogen and oxygen atoms in total. The van der Waals surface area contributed by atoms with E-state index in [4.69, 9.17) is 24.3 Å². The zero-order chi connectivity index (χ0) is 38.9. The standard InChI is InChI=1S/C43H74NO8P/c1-3-5-7-9-11-13-15-17-19-20-22-24-26-28-30-32-34-36-43(46)52-41(40-51-53(47,48)50-38-37-44)39-49-42(45)35-33-31-29-27-25-23-21-18-16-14-12-10-8-6-4-2/h12,14,17-19,21-22,24-25,27-28,30,41H,3-11,13,15-16,20,23,26,29,31-40,44H2,1-2H3,(H,47,48). The van der Waals surface area contributed by atoms with E-state index < -0.39 is 32.5 Å². The van der Waals surface area contributed by atoms with Crippen LogP contribution in [0.15, 0.2) is 72.9 Å². The van der Waals surface area contributed by atoms with Gasteiger partial charge in [0.2, 0.25) is 0 Å². The lowest BCUT2D eigenvalue weighted by atomic mass is 10.1. The molecule has 0 aromatic rings. The number of hydrogen-bond acceptors (Lipinski definition) is 8. The minimum absolute atomic E-state index is 0.0370. The second kappa shape index (κ2) is 39.2. The van der Waals surface area contributed by atoms with Gasteiger partial charge in [-0.1, -0.05) is 132 Å². The molecule has 0 saturated carbocycles. The molecule has 53 heavy (non-hydrogen) atoms. The number of rotatable bonds is 37. The van der Waals surface area contributed by atoms with Gasteiger partial charge in [0.1, 0.15) is 6.61 Å². The van der Waals surface area contributed by atoms with Crippen LogP contribution in [0, 0.1) is 0 Å². The Labute approximate surface area is 322 Å². The van der Waals surface area contributed by atoms with Crippen molar-refractivity contribution in [3.8, 4) is 0 Å². The summed E-state index contributed by atoms with van der Waals surface area (Å²) in [5.74, 6) is -0.942. The molecule has 10 heteroatoms. The van der Waals surface area contributed by atoms with E-state index in [1.165, 1.54) is 57.8 Å². The van der Waals surface area contributed by atoms with Crippen LogP contribution in [0.4, 0.5) is 0 Å². The maximum Gasteiger partial charge on any atom is 0.472 e. The number of carbonyl (C=O) groups is 2. The third-order valence-corrected chi connectivity index (χ3v) is 9.05. The van der Waals surface area contributed by atoms with Gasteiger partial charge in [0.25, 0.3) is 0 Å². The van der Waals surface area contributed by atoms with Gasteiger partial charge in [0.15, 0.2) is 6.10 Å². The Morgan fingerprint density at radius 3 is 1.55 bits per heavy atom. The molecule has 0 rings (SSSR count). The summed E-state index contributed by atoms with van der Waals surface area (Å²) < 4.78 is 32.6. The Hall–Kier alpha value is -2.55. The molecule has 2 unspecified atom stereocenters. The molecule has 0 aromatic carbocycles. The first-order chi connectivity index (χ1) is 25.8. The van der Waals surface area contributed by atoms with E-state index in [9.17, 15) is 19.0 Å². The molecule has 3 N–H and O–H groups in total. The highest BCUT2D eigenvalue weighted by Gasteiger charge is 2.25. The third-order valence-electron chi connectivity index (χ3n) is 8.06. The Kier molecular flexibility index (Phi) is 37.3. The number of phosphoric ester groups is 1. The molecule has 0 aliphatic carbocycles. The van der Waals surface area contributed by atoms with Crippen molar-refractivity contribution in [3.63, 3.8) is 0 Å². The van der Waals surface area contributed by atoms with Crippen molar-refractivity contribution >= 4 is 19.8 Å². The minimum atomic E-state index is -4.40. The zero-order valence-electron chi connectivity index (χ0n) is 33.2. The number of esters is 2. The molecule has 0 spiro atoms. The smallest absolute Gasteiger partial charge is 0.462 e. The first-order valence-electron chi connectivity index (χ1n) is 20.4. The Morgan fingerprint density at radius 2 is 1.00 bits per heavy atom. The van der Waals surface area contributed by atoms with Crippen LogP contribution in [-0.2, 0) is 32.7 Å². The molecule has 0 saturated heterocycles. The van der Waals surface area contributed by atoms with Gasteiger partial charge in [-0.2, -0.15) is 0 Å². The molecule has 0 heterocycles. The average Bonchev–Trinajstić information content (AvgIpc) is 3.14. The van der Waals surface area contributed by atoms with E-state index in [2.05, 4.69) is 80.7 Å². The summed E-state index contributed by atoms with van der Waals surface area (Å²) >= 11 is 0. The first-order valence-corrected chi connectivity index (χ1v) is 21.9. The lowest BCUT2D eigenvalue weighted by molar-refractivity contribution is -0.161. The van der Waals surface area contributed by atoms with Crippen molar-refractivity contribution in [2.75, 3.05) is 26.4 Å². The lowest BCUT2D eigenvalue weighted by Gasteiger charge is -2.19. The van der Waals surface area contributed by atoms with Crippen LogP contribution in [0.3, 0.4) is 0 Å². The monoisotopic (exact) mass is 764 g/mol. The van der Waals surface area contributed by atoms with E-state index in [1.54, 1.807) is 0 Å². The van der Waals surface area contributed by atoms with Crippen LogP contribution < -0.4 is 5.73 Å². The molecular formula is C43H74NO8P.